The van der Waals surface area contributed by atoms with Crippen LogP contribution >= 0.6 is 0 Å². The van der Waals surface area contributed by atoms with E-state index in [1.165, 1.54) is 4.90 Å². The quantitative estimate of drug-likeness (QED) is 0.683. The number of ether oxygens (including phenoxy) is 1. The summed E-state index contributed by atoms with van der Waals surface area (Å²) in [5.41, 5.74) is -1.01. The van der Waals surface area contributed by atoms with Crippen LogP contribution < -0.4 is 4.74 Å². The van der Waals surface area contributed by atoms with Crippen molar-refractivity contribution in [3.63, 3.8) is 0 Å². The lowest BCUT2D eigenvalue weighted by atomic mass is 9.90. The second-order valence-corrected chi connectivity index (χ2v) is 7.59. The highest BCUT2D eigenvalue weighted by Crippen LogP contribution is 2.49. The summed E-state index contributed by atoms with van der Waals surface area (Å²) in [4.78, 5) is 12.2. The van der Waals surface area contributed by atoms with Crippen molar-refractivity contribution in [1.29, 1.82) is 0 Å². The third-order valence-corrected chi connectivity index (χ3v) is 5.60. The maximum Gasteiger partial charge on any atom is 0.401 e. The van der Waals surface area contributed by atoms with Crippen LogP contribution in [-0.4, -0.2) is 48.4 Å². The van der Waals surface area contributed by atoms with Crippen LogP contribution in [0.2, 0.25) is 0 Å². The molecule has 1 saturated heterocycles. The maximum atomic E-state index is 13.6. The molecule has 2 aliphatic rings. The summed E-state index contributed by atoms with van der Waals surface area (Å²) >= 11 is 0. The van der Waals surface area contributed by atoms with Crippen LogP contribution in [0.3, 0.4) is 0 Å². The Kier molecular flexibility index (Phi) is 6.12. The fraction of sp³-hybridized carbons (Fsp3) is 0.632. The molecular formula is C19H22F5NO3. The Bertz CT molecular complexity index is 693. The van der Waals surface area contributed by atoms with E-state index in [1.54, 1.807) is 0 Å². The SMILES string of the molecule is O=C(O)c1c(F)cc(OCC[C@@H]2CC2C2CCN(CC(F)(F)F)CC2)cc1F. The van der Waals surface area contributed by atoms with Crippen LogP contribution in [0.1, 0.15) is 36.0 Å². The number of carbonyl (C=O) groups is 1. The summed E-state index contributed by atoms with van der Waals surface area (Å²) in [7, 11) is 0. The minimum Gasteiger partial charge on any atom is -0.493 e. The Balaban J connectivity index is 1.40. The molecule has 1 N–H and O–H groups in total. The van der Waals surface area contributed by atoms with Gasteiger partial charge in [0.2, 0.25) is 0 Å². The highest BCUT2D eigenvalue weighted by Gasteiger charge is 2.44. The highest BCUT2D eigenvalue weighted by molar-refractivity contribution is 5.88. The molecule has 1 aromatic carbocycles. The van der Waals surface area contributed by atoms with Gasteiger partial charge in [0.05, 0.1) is 13.2 Å². The summed E-state index contributed by atoms with van der Waals surface area (Å²) in [6.07, 6.45) is -0.963. The van der Waals surface area contributed by atoms with E-state index in [1.807, 2.05) is 0 Å². The fourth-order valence-electron chi connectivity index (χ4n) is 4.14. The largest absolute Gasteiger partial charge is 0.493 e. The average molecular weight is 407 g/mol. The van der Waals surface area contributed by atoms with Gasteiger partial charge in [-0.2, -0.15) is 13.2 Å². The molecule has 1 saturated carbocycles. The molecule has 0 aromatic heterocycles. The standard InChI is InChI=1S/C19H22F5NO3/c20-15-8-13(9-16(21)17(15)18(26)27)28-6-3-12-7-14(12)11-1-4-25(5-2-11)10-19(22,23)24/h8-9,11-12,14H,1-7,10H2,(H,26,27)/t12-,14?/m1/s1. The van der Waals surface area contributed by atoms with Gasteiger partial charge < -0.3 is 9.84 Å². The minimum absolute atomic E-state index is 0.0577. The van der Waals surface area contributed by atoms with Crippen molar-refractivity contribution in [2.45, 2.75) is 31.9 Å². The third kappa shape index (κ3) is 5.33. The lowest BCUT2D eigenvalue weighted by Crippen LogP contribution is -2.40. The number of carboxylic acid groups (broad SMARTS) is 1. The minimum atomic E-state index is -4.16. The number of aromatic carboxylic acids is 1. The molecule has 4 nitrogen and oxygen atoms in total. The van der Waals surface area contributed by atoms with Crippen molar-refractivity contribution in [3.05, 3.63) is 29.3 Å². The van der Waals surface area contributed by atoms with Gasteiger partial charge in [0, 0.05) is 12.1 Å². The first-order valence-electron chi connectivity index (χ1n) is 9.28. The number of hydrogen-bond acceptors (Lipinski definition) is 3. The lowest BCUT2D eigenvalue weighted by Gasteiger charge is -2.32. The monoisotopic (exact) mass is 407 g/mol. The number of piperidine rings is 1. The predicted molar refractivity (Wildman–Crippen MR) is 90.2 cm³/mol. The van der Waals surface area contributed by atoms with E-state index in [2.05, 4.69) is 0 Å². The summed E-state index contributed by atoms with van der Waals surface area (Å²) in [6.45, 7) is 0.311. The molecule has 1 aliphatic heterocycles. The third-order valence-electron chi connectivity index (χ3n) is 5.60. The van der Waals surface area contributed by atoms with E-state index >= 15 is 0 Å². The predicted octanol–water partition coefficient (Wildman–Crippen LogP) is 4.34. The van der Waals surface area contributed by atoms with Gasteiger partial charge in [-0.15, -0.1) is 0 Å². The number of nitrogens with zero attached hydrogens (tertiary/aromatic N) is 1. The summed E-state index contributed by atoms with van der Waals surface area (Å²) in [5.74, 6) is -2.80. The van der Waals surface area contributed by atoms with Crippen molar-refractivity contribution in [2.75, 3.05) is 26.2 Å². The van der Waals surface area contributed by atoms with E-state index in [0.29, 0.717) is 37.3 Å². The molecule has 1 heterocycles. The highest BCUT2D eigenvalue weighted by atomic mass is 19.4. The Labute approximate surface area is 159 Å². The molecule has 0 radical (unpaired) electrons. The van der Waals surface area contributed by atoms with Crippen LogP contribution in [0.15, 0.2) is 12.1 Å². The topological polar surface area (TPSA) is 49.8 Å². The zero-order valence-electron chi connectivity index (χ0n) is 15.1. The molecule has 1 aliphatic carbocycles. The van der Waals surface area contributed by atoms with E-state index in [0.717, 1.165) is 31.4 Å². The molecule has 1 unspecified atom stereocenters. The van der Waals surface area contributed by atoms with Gasteiger partial charge in [0.15, 0.2) is 0 Å². The van der Waals surface area contributed by atoms with Crippen LogP contribution in [0, 0.1) is 29.4 Å². The zero-order valence-corrected chi connectivity index (χ0v) is 15.1. The smallest absolute Gasteiger partial charge is 0.401 e. The van der Waals surface area contributed by atoms with E-state index in [-0.39, 0.29) is 12.4 Å². The Hall–Kier alpha value is -1.90. The first-order valence-corrected chi connectivity index (χ1v) is 9.28. The first-order chi connectivity index (χ1) is 13.1. The van der Waals surface area contributed by atoms with Crippen molar-refractivity contribution < 1.29 is 36.6 Å². The van der Waals surface area contributed by atoms with E-state index in [4.69, 9.17) is 9.84 Å². The van der Waals surface area contributed by atoms with Crippen molar-refractivity contribution in [3.8, 4) is 5.75 Å². The molecule has 28 heavy (non-hydrogen) atoms. The average Bonchev–Trinajstić information content (AvgIpc) is 3.32. The van der Waals surface area contributed by atoms with Gasteiger partial charge in [0.1, 0.15) is 22.9 Å². The van der Waals surface area contributed by atoms with Gasteiger partial charge >= 0.3 is 12.1 Å². The number of hydrogen-bond donors (Lipinski definition) is 1. The molecule has 0 bridgehead atoms. The van der Waals surface area contributed by atoms with Gasteiger partial charge in [0.25, 0.3) is 0 Å². The van der Waals surface area contributed by atoms with Crippen molar-refractivity contribution in [1.82, 2.24) is 4.90 Å². The second kappa shape index (κ2) is 8.23. The Morgan fingerprint density at radius 1 is 1.18 bits per heavy atom. The maximum absolute atomic E-state index is 13.6. The number of alkyl halides is 3. The molecule has 0 spiro atoms. The zero-order chi connectivity index (χ0) is 20.5. The van der Waals surface area contributed by atoms with Gasteiger partial charge in [-0.05, 0) is 56.5 Å². The van der Waals surface area contributed by atoms with Gasteiger partial charge in [-0.25, -0.2) is 13.6 Å². The van der Waals surface area contributed by atoms with Gasteiger partial charge in [-0.3, -0.25) is 4.90 Å². The normalized spacial score (nSPS) is 23.6. The Morgan fingerprint density at radius 3 is 2.32 bits per heavy atom. The van der Waals surface area contributed by atoms with Crippen LogP contribution in [0.4, 0.5) is 22.0 Å². The molecule has 156 valence electrons. The van der Waals surface area contributed by atoms with Crippen LogP contribution in [-0.2, 0) is 0 Å². The summed E-state index contributed by atoms with van der Waals surface area (Å²) in [6, 6.07) is 1.71. The van der Waals surface area contributed by atoms with E-state index in [9.17, 15) is 26.7 Å². The van der Waals surface area contributed by atoms with Crippen LogP contribution in [0.25, 0.3) is 0 Å². The molecule has 2 fully saturated rings. The summed E-state index contributed by atoms with van der Waals surface area (Å²) < 4.78 is 69.9. The van der Waals surface area contributed by atoms with Crippen LogP contribution in [0.5, 0.6) is 5.75 Å². The Morgan fingerprint density at radius 2 is 1.79 bits per heavy atom. The van der Waals surface area contributed by atoms with E-state index < -0.39 is 35.9 Å². The molecule has 0 amide bonds. The number of halogens is 5. The molecular weight excluding hydrogens is 385 g/mol. The summed E-state index contributed by atoms with van der Waals surface area (Å²) in [5, 5.41) is 8.74. The number of rotatable bonds is 7. The fourth-order valence-corrected chi connectivity index (χ4v) is 4.14. The molecule has 9 heteroatoms. The molecule has 2 atom stereocenters. The molecule has 1 aromatic rings. The lowest BCUT2D eigenvalue weighted by molar-refractivity contribution is -0.148. The second-order valence-electron chi connectivity index (χ2n) is 7.59. The van der Waals surface area contributed by atoms with Crippen molar-refractivity contribution in [2.24, 2.45) is 17.8 Å². The van der Waals surface area contributed by atoms with Crippen molar-refractivity contribution >= 4 is 5.97 Å². The number of likely N-dealkylation sites (tertiary alicyclic amines) is 1. The van der Waals surface area contributed by atoms with Gasteiger partial charge in [-0.1, -0.05) is 0 Å². The molecule has 3 rings (SSSR count). The number of carboxylic acids is 1. The number of benzene rings is 1. The first kappa shape index (κ1) is 20.8.